The van der Waals surface area contributed by atoms with Crippen LogP contribution in [0, 0.1) is 16.0 Å². The molecule has 0 aliphatic rings. The number of anilines is 1. The molecular formula is C12H17N3O3. The average molecular weight is 251 g/mol. The van der Waals surface area contributed by atoms with Crippen LogP contribution in [-0.4, -0.2) is 17.5 Å². The lowest BCUT2D eigenvalue weighted by Gasteiger charge is -2.09. The number of nitrogens with zero attached hydrogens (tertiary/aromatic N) is 1. The number of carbonyl (C=O) groups excluding carboxylic acids is 1. The Morgan fingerprint density at radius 3 is 2.67 bits per heavy atom. The molecule has 0 unspecified atom stereocenters. The standard InChI is InChI=1S/C12H17N3O3/c1-9(2)7-8-13-12(16)14-10-5-3-4-6-11(10)15(17)18/h3-6,9H,7-8H2,1-2H3,(H2,13,14,16). The van der Waals surface area contributed by atoms with Gasteiger partial charge in [0.05, 0.1) is 4.92 Å². The van der Waals surface area contributed by atoms with Gasteiger partial charge in [-0.25, -0.2) is 4.79 Å². The number of carbonyl (C=O) groups is 1. The molecule has 1 aromatic rings. The van der Waals surface area contributed by atoms with Gasteiger partial charge in [-0.05, 0) is 18.4 Å². The summed E-state index contributed by atoms with van der Waals surface area (Å²) in [6, 6.07) is 5.62. The molecule has 98 valence electrons. The van der Waals surface area contributed by atoms with Crippen molar-refractivity contribution in [3.05, 3.63) is 34.4 Å². The van der Waals surface area contributed by atoms with Gasteiger partial charge >= 0.3 is 6.03 Å². The monoisotopic (exact) mass is 251 g/mol. The highest BCUT2D eigenvalue weighted by Gasteiger charge is 2.14. The molecule has 0 saturated carbocycles. The lowest BCUT2D eigenvalue weighted by molar-refractivity contribution is -0.383. The van der Waals surface area contributed by atoms with Crippen LogP contribution in [0.25, 0.3) is 0 Å². The SMILES string of the molecule is CC(C)CCNC(=O)Nc1ccccc1[N+](=O)[O-]. The van der Waals surface area contributed by atoms with Crippen LogP contribution < -0.4 is 10.6 Å². The van der Waals surface area contributed by atoms with Crippen LogP contribution in [0.5, 0.6) is 0 Å². The fraction of sp³-hybridized carbons (Fsp3) is 0.417. The second-order valence-corrected chi connectivity index (χ2v) is 4.34. The quantitative estimate of drug-likeness (QED) is 0.623. The van der Waals surface area contributed by atoms with E-state index >= 15 is 0 Å². The van der Waals surface area contributed by atoms with Crippen LogP contribution in [0.2, 0.25) is 0 Å². The van der Waals surface area contributed by atoms with E-state index in [9.17, 15) is 14.9 Å². The number of hydrogen-bond acceptors (Lipinski definition) is 3. The summed E-state index contributed by atoms with van der Waals surface area (Å²) in [5.41, 5.74) is 0.0843. The molecule has 2 amide bonds. The Balaban J connectivity index is 2.56. The summed E-state index contributed by atoms with van der Waals surface area (Å²) >= 11 is 0. The number of nitro groups is 1. The van der Waals surface area contributed by atoms with Crippen LogP contribution in [0.4, 0.5) is 16.2 Å². The van der Waals surface area contributed by atoms with Crippen LogP contribution in [0.3, 0.4) is 0 Å². The highest BCUT2D eigenvalue weighted by Crippen LogP contribution is 2.22. The summed E-state index contributed by atoms with van der Waals surface area (Å²) in [6.45, 7) is 4.66. The fourth-order valence-electron chi connectivity index (χ4n) is 1.38. The van der Waals surface area contributed by atoms with Gasteiger partial charge in [0.1, 0.15) is 5.69 Å². The van der Waals surface area contributed by atoms with E-state index in [0.29, 0.717) is 12.5 Å². The van der Waals surface area contributed by atoms with Gasteiger partial charge in [-0.15, -0.1) is 0 Å². The van der Waals surface area contributed by atoms with Crippen molar-refractivity contribution in [2.75, 3.05) is 11.9 Å². The minimum absolute atomic E-state index is 0.114. The molecule has 1 aromatic carbocycles. The average Bonchev–Trinajstić information content (AvgIpc) is 2.28. The van der Waals surface area contributed by atoms with Crippen molar-refractivity contribution in [3.8, 4) is 0 Å². The smallest absolute Gasteiger partial charge is 0.319 e. The number of amides is 2. The number of rotatable bonds is 5. The third-order valence-electron chi connectivity index (χ3n) is 2.36. The van der Waals surface area contributed by atoms with Crippen molar-refractivity contribution in [3.63, 3.8) is 0 Å². The van der Waals surface area contributed by atoms with E-state index in [1.807, 2.05) is 0 Å². The molecule has 2 N–H and O–H groups in total. The predicted octanol–water partition coefficient (Wildman–Crippen LogP) is 2.76. The molecule has 0 spiro atoms. The van der Waals surface area contributed by atoms with Crippen LogP contribution in [-0.2, 0) is 0 Å². The first kappa shape index (κ1) is 14.0. The summed E-state index contributed by atoms with van der Waals surface area (Å²) in [5, 5.41) is 15.9. The molecule has 0 radical (unpaired) electrons. The third-order valence-corrected chi connectivity index (χ3v) is 2.36. The first-order valence-corrected chi connectivity index (χ1v) is 5.79. The number of para-hydroxylation sites is 2. The summed E-state index contributed by atoms with van der Waals surface area (Å²) < 4.78 is 0. The molecule has 0 aromatic heterocycles. The molecule has 0 heterocycles. The van der Waals surface area contributed by atoms with E-state index in [1.54, 1.807) is 12.1 Å². The predicted molar refractivity (Wildman–Crippen MR) is 69.6 cm³/mol. The number of nitrogens with one attached hydrogen (secondary N) is 2. The molecule has 0 fully saturated rings. The molecule has 6 nitrogen and oxygen atoms in total. The van der Waals surface area contributed by atoms with E-state index in [4.69, 9.17) is 0 Å². The molecule has 0 aliphatic heterocycles. The normalized spacial score (nSPS) is 10.2. The molecule has 1 rings (SSSR count). The van der Waals surface area contributed by atoms with Crippen LogP contribution in [0.1, 0.15) is 20.3 Å². The number of nitro benzene ring substituents is 1. The molecule has 0 aliphatic carbocycles. The maximum atomic E-state index is 11.5. The van der Waals surface area contributed by atoms with Crippen molar-refractivity contribution >= 4 is 17.4 Å². The number of benzene rings is 1. The molecule has 18 heavy (non-hydrogen) atoms. The second kappa shape index (κ2) is 6.58. The van der Waals surface area contributed by atoms with Crippen molar-refractivity contribution in [1.29, 1.82) is 0 Å². The Labute approximate surface area is 106 Å². The van der Waals surface area contributed by atoms with E-state index < -0.39 is 11.0 Å². The highest BCUT2D eigenvalue weighted by molar-refractivity contribution is 5.91. The number of urea groups is 1. The maximum absolute atomic E-state index is 11.5. The number of hydrogen-bond donors (Lipinski definition) is 2. The first-order valence-electron chi connectivity index (χ1n) is 5.79. The van der Waals surface area contributed by atoms with Crippen molar-refractivity contribution in [1.82, 2.24) is 5.32 Å². The van der Waals surface area contributed by atoms with E-state index in [2.05, 4.69) is 24.5 Å². The van der Waals surface area contributed by atoms with Gasteiger partial charge in [0.2, 0.25) is 0 Å². The Morgan fingerprint density at radius 2 is 2.06 bits per heavy atom. The molecule has 6 heteroatoms. The van der Waals surface area contributed by atoms with Crippen molar-refractivity contribution in [2.45, 2.75) is 20.3 Å². The summed E-state index contributed by atoms with van der Waals surface area (Å²) in [4.78, 5) is 21.7. The van der Waals surface area contributed by atoms with E-state index in [0.717, 1.165) is 6.42 Å². The largest absolute Gasteiger partial charge is 0.338 e. The van der Waals surface area contributed by atoms with E-state index in [1.165, 1.54) is 12.1 Å². The Hall–Kier alpha value is -2.11. The molecule has 0 atom stereocenters. The molecule has 0 bridgehead atoms. The summed E-state index contributed by atoms with van der Waals surface area (Å²) in [5.74, 6) is 0.497. The van der Waals surface area contributed by atoms with Gasteiger partial charge < -0.3 is 10.6 Å². The maximum Gasteiger partial charge on any atom is 0.319 e. The minimum Gasteiger partial charge on any atom is -0.338 e. The highest BCUT2D eigenvalue weighted by atomic mass is 16.6. The Bertz CT molecular complexity index is 432. The van der Waals surface area contributed by atoms with Gasteiger partial charge in [-0.3, -0.25) is 10.1 Å². The topological polar surface area (TPSA) is 84.3 Å². The van der Waals surface area contributed by atoms with Crippen LogP contribution >= 0.6 is 0 Å². The first-order chi connectivity index (χ1) is 8.50. The zero-order valence-electron chi connectivity index (χ0n) is 10.5. The van der Waals surface area contributed by atoms with Crippen molar-refractivity contribution in [2.24, 2.45) is 5.92 Å². The fourth-order valence-corrected chi connectivity index (χ4v) is 1.38. The zero-order valence-corrected chi connectivity index (χ0v) is 10.5. The van der Waals surface area contributed by atoms with E-state index in [-0.39, 0.29) is 11.4 Å². The van der Waals surface area contributed by atoms with Gasteiger partial charge in [-0.2, -0.15) is 0 Å². The lowest BCUT2D eigenvalue weighted by atomic mass is 10.1. The zero-order chi connectivity index (χ0) is 13.5. The van der Waals surface area contributed by atoms with Gasteiger partial charge in [0, 0.05) is 12.6 Å². The van der Waals surface area contributed by atoms with Gasteiger partial charge in [-0.1, -0.05) is 26.0 Å². The Morgan fingerprint density at radius 1 is 1.39 bits per heavy atom. The molecular weight excluding hydrogens is 234 g/mol. The molecule has 0 saturated heterocycles. The van der Waals surface area contributed by atoms with Crippen LogP contribution in [0.15, 0.2) is 24.3 Å². The second-order valence-electron chi connectivity index (χ2n) is 4.34. The third kappa shape index (κ3) is 4.40. The lowest BCUT2D eigenvalue weighted by Crippen LogP contribution is -2.30. The summed E-state index contributed by atoms with van der Waals surface area (Å²) in [6.07, 6.45) is 0.865. The van der Waals surface area contributed by atoms with Gasteiger partial charge in [0.25, 0.3) is 5.69 Å². The summed E-state index contributed by atoms with van der Waals surface area (Å²) in [7, 11) is 0. The minimum atomic E-state index is -0.524. The Kier molecular flexibility index (Phi) is 5.10. The van der Waals surface area contributed by atoms with Crippen molar-refractivity contribution < 1.29 is 9.72 Å². The van der Waals surface area contributed by atoms with Gasteiger partial charge in [0.15, 0.2) is 0 Å².